The van der Waals surface area contributed by atoms with E-state index in [0.29, 0.717) is 12.0 Å². The van der Waals surface area contributed by atoms with Crippen molar-refractivity contribution in [2.75, 3.05) is 25.0 Å². The average Bonchev–Trinajstić information content (AvgIpc) is 2.32. The predicted octanol–water partition coefficient (Wildman–Crippen LogP) is 2.91. The van der Waals surface area contributed by atoms with Crippen LogP contribution < -0.4 is 10.2 Å². The summed E-state index contributed by atoms with van der Waals surface area (Å²) in [6.07, 6.45) is 1.09. The molecule has 0 aromatic heterocycles. The molecule has 1 aromatic carbocycles. The van der Waals surface area contributed by atoms with Crippen molar-refractivity contribution in [3.8, 4) is 0 Å². The second-order valence-electron chi connectivity index (χ2n) is 4.71. The molecule has 4 heteroatoms. The molecule has 2 nitrogen and oxygen atoms in total. The van der Waals surface area contributed by atoms with Crippen molar-refractivity contribution < 1.29 is 4.39 Å². The van der Waals surface area contributed by atoms with Gasteiger partial charge >= 0.3 is 0 Å². The van der Waals surface area contributed by atoms with Gasteiger partial charge in [0.15, 0.2) is 0 Å². The minimum atomic E-state index is -0.340. The first-order valence-electron chi connectivity index (χ1n) is 5.99. The number of hydrogen-bond acceptors (Lipinski definition) is 2. The quantitative estimate of drug-likeness (QED) is 0.875. The van der Waals surface area contributed by atoms with Gasteiger partial charge in [0.05, 0.1) is 5.02 Å². The third-order valence-electron chi connectivity index (χ3n) is 3.54. The number of piperidine rings is 1. The smallest absolute Gasteiger partial charge is 0.143 e. The van der Waals surface area contributed by atoms with Crippen LogP contribution in [0.25, 0.3) is 0 Å². The maximum absolute atomic E-state index is 13.4. The molecule has 2 unspecified atom stereocenters. The predicted molar refractivity (Wildman–Crippen MR) is 70.3 cm³/mol. The normalized spacial score (nSPS) is 25.1. The van der Waals surface area contributed by atoms with Crippen LogP contribution in [0.4, 0.5) is 10.1 Å². The Labute approximate surface area is 107 Å². The Hall–Kier alpha value is -0.800. The molecule has 1 saturated heterocycles. The number of halogens is 2. The highest BCUT2D eigenvalue weighted by Gasteiger charge is 2.25. The minimum Gasteiger partial charge on any atom is -0.371 e. The second kappa shape index (κ2) is 5.23. The Morgan fingerprint density at radius 3 is 2.82 bits per heavy atom. The first-order chi connectivity index (χ1) is 8.11. The SMILES string of the molecule is CNC1CCN(c2ccc(Cl)c(F)c2)CC1C. The fourth-order valence-electron chi connectivity index (χ4n) is 2.49. The minimum absolute atomic E-state index is 0.187. The van der Waals surface area contributed by atoms with Crippen molar-refractivity contribution in [1.82, 2.24) is 5.32 Å². The van der Waals surface area contributed by atoms with Crippen molar-refractivity contribution in [1.29, 1.82) is 0 Å². The monoisotopic (exact) mass is 256 g/mol. The molecule has 0 spiro atoms. The lowest BCUT2D eigenvalue weighted by Gasteiger charge is -2.38. The lowest BCUT2D eigenvalue weighted by atomic mass is 9.93. The van der Waals surface area contributed by atoms with Gasteiger partial charge in [0.25, 0.3) is 0 Å². The fourth-order valence-corrected chi connectivity index (χ4v) is 2.61. The first kappa shape index (κ1) is 12.7. The van der Waals surface area contributed by atoms with E-state index >= 15 is 0 Å². The zero-order valence-electron chi connectivity index (χ0n) is 10.2. The van der Waals surface area contributed by atoms with E-state index in [1.807, 2.05) is 13.1 Å². The average molecular weight is 257 g/mol. The van der Waals surface area contributed by atoms with Crippen LogP contribution in [0.3, 0.4) is 0 Å². The van der Waals surface area contributed by atoms with Crippen LogP contribution >= 0.6 is 11.6 Å². The largest absolute Gasteiger partial charge is 0.371 e. The number of nitrogens with zero attached hydrogens (tertiary/aromatic N) is 1. The summed E-state index contributed by atoms with van der Waals surface area (Å²) < 4.78 is 13.4. The molecule has 1 aliphatic rings. The van der Waals surface area contributed by atoms with E-state index in [2.05, 4.69) is 17.1 Å². The molecule has 1 N–H and O–H groups in total. The highest BCUT2D eigenvalue weighted by atomic mass is 35.5. The van der Waals surface area contributed by atoms with Gasteiger partial charge in [-0.15, -0.1) is 0 Å². The Morgan fingerprint density at radius 2 is 2.24 bits per heavy atom. The van der Waals surface area contributed by atoms with Gasteiger partial charge in [0.2, 0.25) is 0 Å². The second-order valence-corrected chi connectivity index (χ2v) is 5.11. The Bertz CT molecular complexity index is 397. The third-order valence-corrected chi connectivity index (χ3v) is 3.85. The summed E-state index contributed by atoms with van der Waals surface area (Å²) >= 11 is 5.69. The van der Waals surface area contributed by atoms with Gasteiger partial charge < -0.3 is 10.2 Å². The molecule has 1 aromatic rings. The van der Waals surface area contributed by atoms with E-state index in [4.69, 9.17) is 11.6 Å². The number of anilines is 1. The molecular weight excluding hydrogens is 239 g/mol. The summed E-state index contributed by atoms with van der Waals surface area (Å²) in [5, 5.41) is 3.51. The Kier molecular flexibility index (Phi) is 3.89. The molecule has 0 radical (unpaired) electrons. The molecule has 2 atom stereocenters. The summed E-state index contributed by atoms with van der Waals surface area (Å²) in [7, 11) is 2.00. The zero-order valence-corrected chi connectivity index (χ0v) is 11.0. The van der Waals surface area contributed by atoms with Crippen molar-refractivity contribution >= 4 is 17.3 Å². The van der Waals surface area contributed by atoms with Crippen LogP contribution in [0.2, 0.25) is 5.02 Å². The first-order valence-corrected chi connectivity index (χ1v) is 6.37. The van der Waals surface area contributed by atoms with Crippen LogP contribution in [-0.4, -0.2) is 26.2 Å². The maximum Gasteiger partial charge on any atom is 0.143 e. The summed E-state index contributed by atoms with van der Waals surface area (Å²) in [4.78, 5) is 2.22. The Morgan fingerprint density at radius 1 is 1.47 bits per heavy atom. The molecule has 0 aliphatic carbocycles. The van der Waals surface area contributed by atoms with E-state index in [0.717, 1.165) is 25.2 Å². The molecule has 1 fully saturated rings. The Balaban J connectivity index is 2.11. The standard InChI is InChI=1S/C13H18ClFN2/c1-9-8-17(6-5-13(9)16-2)10-3-4-11(14)12(15)7-10/h3-4,7,9,13,16H,5-6,8H2,1-2H3. The van der Waals surface area contributed by atoms with Gasteiger partial charge in [-0.2, -0.15) is 0 Å². The molecule has 2 rings (SSSR count). The molecule has 0 amide bonds. The topological polar surface area (TPSA) is 15.3 Å². The van der Waals surface area contributed by atoms with Crippen LogP contribution in [-0.2, 0) is 0 Å². The summed E-state index contributed by atoms with van der Waals surface area (Å²) in [5.41, 5.74) is 0.924. The molecule has 94 valence electrons. The molecule has 1 aliphatic heterocycles. The van der Waals surface area contributed by atoms with Gasteiger partial charge in [-0.3, -0.25) is 0 Å². The van der Waals surface area contributed by atoms with Crippen molar-refractivity contribution in [3.05, 3.63) is 29.0 Å². The van der Waals surface area contributed by atoms with Crippen LogP contribution in [0.5, 0.6) is 0 Å². The van der Waals surface area contributed by atoms with Crippen LogP contribution in [0.1, 0.15) is 13.3 Å². The molecular formula is C13H18ClFN2. The number of hydrogen-bond donors (Lipinski definition) is 1. The van der Waals surface area contributed by atoms with Crippen molar-refractivity contribution in [3.63, 3.8) is 0 Å². The molecule has 0 bridgehead atoms. The van der Waals surface area contributed by atoms with Gasteiger partial charge in [-0.05, 0) is 37.6 Å². The maximum atomic E-state index is 13.4. The van der Waals surface area contributed by atoms with E-state index in [1.54, 1.807) is 6.07 Å². The van der Waals surface area contributed by atoms with Gasteiger partial charge in [0.1, 0.15) is 5.82 Å². The third kappa shape index (κ3) is 2.72. The molecule has 17 heavy (non-hydrogen) atoms. The van der Waals surface area contributed by atoms with E-state index in [-0.39, 0.29) is 10.8 Å². The molecule has 1 heterocycles. The van der Waals surface area contributed by atoms with E-state index in [9.17, 15) is 4.39 Å². The van der Waals surface area contributed by atoms with Crippen molar-refractivity contribution in [2.24, 2.45) is 5.92 Å². The highest BCUT2D eigenvalue weighted by molar-refractivity contribution is 6.30. The molecule has 0 saturated carbocycles. The summed E-state index contributed by atoms with van der Waals surface area (Å²) in [5.74, 6) is 0.222. The summed E-state index contributed by atoms with van der Waals surface area (Å²) in [6, 6.07) is 5.59. The lowest BCUT2D eigenvalue weighted by Crippen LogP contribution is -2.47. The van der Waals surface area contributed by atoms with Crippen LogP contribution in [0.15, 0.2) is 18.2 Å². The number of nitrogens with one attached hydrogen (secondary N) is 1. The van der Waals surface area contributed by atoms with Crippen LogP contribution in [0, 0.1) is 11.7 Å². The zero-order chi connectivity index (χ0) is 12.4. The van der Waals surface area contributed by atoms with Gasteiger partial charge in [-0.25, -0.2) is 4.39 Å². The van der Waals surface area contributed by atoms with Crippen molar-refractivity contribution in [2.45, 2.75) is 19.4 Å². The van der Waals surface area contributed by atoms with E-state index < -0.39 is 0 Å². The van der Waals surface area contributed by atoms with Gasteiger partial charge in [0, 0.05) is 24.8 Å². The van der Waals surface area contributed by atoms with Gasteiger partial charge in [-0.1, -0.05) is 18.5 Å². The highest BCUT2D eigenvalue weighted by Crippen LogP contribution is 2.26. The lowest BCUT2D eigenvalue weighted by molar-refractivity contribution is 0.339. The van der Waals surface area contributed by atoms with E-state index in [1.165, 1.54) is 6.07 Å². The fraction of sp³-hybridized carbons (Fsp3) is 0.538. The summed E-state index contributed by atoms with van der Waals surface area (Å²) in [6.45, 7) is 4.13. The number of rotatable bonds is 2. The number of benzene rings is 1.